The Morgan fingerprint density at radius 1 is 0.766 bits per heavy atom. The zero-order valence-electron chi connectivity index (χ0n) is 26.0. The van der Waals surface area contributed by atoms with E-state index in [2.05, 4.69) is 5.32 Å². The van der Waals surface area contributed by atoms with Crippen molar-refractivity contribution in [3.8, 4) is 0 Å². The molecule has 0 radical (unpaired) electrons. The van der Waals surface area contributed by atoms with Crippen molar-refractivity contribution < 1.29 is 88.1 Å². The Hall–Kier alpha value is -2.56. The highest BCUT2D eigenvalue weighted by Crippen LogP contribution is 2.38. The average molecular weight is 684 g/mol. The minimum Gasteiger partial charge on any atom is -0.481 e. The highest BCUT2D eigenvalue weighted by atomic mass is 16.7. The molecule has 13 atom stereocenters. The summed E-state index contributed by atoms with van der Waals surface area (Å²) in [5, 5.41) is 72.7. The molecule has 1 saturated carbocycles. The van der Waals surface area contributed by atoms with Crippen LogP contribution in [0.1, 0.15) is 32.1 Å². The van der Waals surface area contributed by atoms with Gasteiger partial charge in [0.15, 0.2) is 12.6 Å². The molecule has 3 aliphatic rings. The Kier molecular flexibility index (Phi) is 15.1. The Morgan fingerprint density at radius 3 is 2.00 bits per heavy atom. The van der Waals surface area contributed by atoms with Crippen LogP contribution in [-0.4, -0.2) is 168 Å². The van der Waals surface area contributed by atoms with Gasteiger partial charge >= 0.3 is 17.9 Å². The molecule has 1 amide bonds. The Bertz CT molecular complexity index is 1040. The first kappa shape index (κ1) is 38.9. The molecule has 0 aromatic carbocycles. The van der Waals surface area contributed by atoms with Gasteiger partial charge < -0.3 is 74.2 Å². The number of aliphatic hydroxyl groups is 6. The molecule has 0 aromatic heterocycles. The fraction of sp³-hybridized carbons (Fsp3) is 0.857. The number of carboxylic acid groups (broad SMARTS) is 1. The topological polar surface area (TPSA) is 287 Å². The van der Waals surface area contributed by atoms with Crippen LogP contribution in [0.25, 0.3) is 0 Å². The van der Waals surface area contributed by atoms with Crippen molar-refractivity contribution in [1.29, 1.82) is 0 Å². The molecular weight excluding hydrogens is 638 g/mol. The molecule has 47 heavy (non-hydrogen) atoms. The Labute approximate surface area is 269 Å². The van der Waals surface area contributed by atoms with E-state index in [4.69, 9.17) is 38.3 Å². The van der Waals surface area contributed by atoms with E-state index in [9.17, 15) is 49.8 Å². The molecule has 1 aliphatic carbocycles. The minimum absolute atomic E-state index is 0.0213. The summed E-state index contributed by atoms with van der Waals surface area (Å²) in [6, 6.07) is 0. The van der Waals surface area contributed by atoms with Gasteiger partial charge in [0.25, 0.3) is 0 Å². The molecule has 3 rings (SSSR count). The van der Waals surface area contributed by atoms with Crippen LogP contribution in [0.15, 0.2) is 0 Å². The van der Waals surface area contributed by atoms with Crippen molar-refractivity contribution in [3.63, 3.8) is 0 Å². The van der Waals surface area contributed by atoms with Crippen LogP contribution in [0.4, 0.5) is 0 Å². The van der Waals surface area contributed by atoms with Gasteiger partial charge in [0.1, 0.15) is 36.6 Å². The SMILES string of the molecule is COC(=O)[C@H]1C[C@H](OC[C@H]2O[C@H](OCCNC(=O)CCC(=O)O)C[C@@H](O)[C@@H]2O)[C@@H](O[C@H]2O[C@H](CO)[C@@H](O)[C@H](O)[C@@H]2O)C[C@@H]1C(=O)OC. The lowest BCUT2D eigenvalue weighted by Gasteiger charge is -2.45. The van der Waals surface area contributed by atoms with E-state index >= 15 is 0 Å². The third-order valence-corrected chi connectivity index (χ3v) is 8.34. The van der Waals surface area contributed by atoms with Crippen LogP contribution >= 0.6 is 0 Å². The molecule has 0 spiro atoms. The zero-order valence-corrected chi connectivity index (χ0v) is 26.0. The van der Waals surface area contributed by atoms with Crippen molar-refractivity contribution in [2.24, 2.45) is 11.8 Å². The van der Waals surface area contributed by atoms with Gasteiger partial charge in [-0.05, 0) is 12.8 Å². The summed E-state index contributed by atoms with van der Waals surface area (Å²) in [6.07, 6.45) is -16.2. The molecule has 0 unspecified atom stereocenters. The lowest BCUT2D eigenvalue weighted by molar-refractivity contribution is -0.324. The molecule has 2 aliphatic heterocycles. The van der Waals surface area contributed by atoms with E-state index in [0.29, 0.717) is 0 Å². The van der Waals surface area contributed by atoms with Gasteiger partial charge in [-0.3, -0.25) is 19.2 Å². The number of hydrogen-bond acceptors (Lipinski definition) is 17. The summed E-state index contributed by atoms with van der Waals surface area (Å²) in [4.78, 5) is 47.7. The Morgan fingerprint density at radius 2 is 1.40 bits per heavy atom. The second-order valence-corrected chi connectivity index (χ2v) is 11.5. The van der Waals surface area contributed by atoms with E-state index < -0.39 is 110 Å². The fourth-order valence-electron chi connectivity index (χ4n) is 5.70. The normalized spacial score (nSPS) is 37.5. The first-order chi connectivity index (χ1) is 22.3. The number of rotatable bonds is 15. The number of amides is 1. The van der Waals surface area contributed by atoms with Gasteiger partial charge in [0.2, 0.25) is 5.91 Å². The summed E-state index contributed by atoms with van der Waals surface area (Å²) in [5.74, 6) is -5.24. The summed E-state index contributed by atoms with van der Waals surface area (Å²) >= 11 is 0. The second kappa shape index (κ2) is 18.3. The maximum absolute atomic E-state index is 12.7. The van der Waals surface area contributed by atoms with Crippen LogP contribution in [0.2, 0.25) is 0 Å². The number of methoxy groups -OCH3 is 2. The summed E-state index contributed by atoms with van der Waals surface area (Å²) in [5.41, 5.74) is 0. The molecule has 19 heteroatoms. The quantitative estimate of drug-likeness (QED) is 0.0599. The monoisotopic (exact) mass is 683 g/mol. The van der Waals surface area contributed by atoms with Gasteiger partial charge in [-0.1, -0.05) is 0 Å². The third kappa shape index (κ3) is 10.5. The van der Waals surface area contributed by atoms with Gasteiger partial charge in [-0.2, -0.15) is 0 Å². The van der Waals surface area contributed by atoms with Crippen LogP contribution in [0, 0.1) is 11.8 Å². The predicted molar refractivity (Wildman–Crippen MR) is 150 cm³/mol. The van der Waals surface area contributed by atoms with E-state index in [1.807, 2.05) is 0 Å². The average Bonchev–Trinajstić information content (AvgIpc) is 3.06. The maximum atomic E-state index is 12.7. The smallest absolute Gasteiger partial charge is 0.309 e. The van der Waals surface area contributed by atoms with Gasteiger partial charge in [0.05, 0.1) is 70.6 Å². The molecule has 3 fully saturated rings. The summed E-state index contributed by atoms with van der Waals surface area (Å²) < 4.78 is 38.5. The summed E-state index contributed by atoms with van der Waals surface area (Å²) in [7, 11) is 2.27. The van der Waals surface area contributed by atoms with E-state index in [1.165, 1.54) is 0 Å². The number of esters is 2. The lowest BCUT2D eigenvalue weighted by Crippen LogP contribution is -2.61. The van der Waals surface area contributed by atoms with Crippen molar-refractivity contribution in [3.05, 3.63) is 0 Å². The van der Waals surface area contributed by atoms with E-state index in [-0.39, 0.29) is 51.9 Å². The number of aliphatic hydroxyl groups excluding tert-OH is 6. The first-order valence-corrected chi connectivity index (χ1v) is 15.2. The number of carbonyl (C=O) groups is 4. The highest BCUT2D eigenvalue weighted by Gasteiger charge is 2.50. The molecular formula is C28H45NO18. The molecule has 0 aromatic rings. The number of carbonyl (C=O) groups excluding carboxylic acids is 3. The van der Waals surface area contributed by atoms with Crippen LogP contribution in [0.5, 0.6) is 0 Å². The first-order valence-electron chi connectivity index (χ1n) is 15.2. The number of nitrogens with one attached hydrogen (secondary N) is 1. The van der Waals surface area contributed by atoms with Crippen LogP contribution in [-0.2, 0) is 52.3 Å². The molecule has 0 bridgehead atoms. The zero-order chi connectivity index (χ0) is 34.8. The van der Waals surface area contributed by atoms with Gasteiger partial charge in [-0.25, -0.2) is 0 Å². The summed E-state index contributed by atoms with van der Waals surface area (Å²) in [6.45, 7) is -1.15. The molecule has 2 saturated heterocycles. The minimum atomic E-state index is -1.78. The van der Waals surface area contributed by atoms with Crippen LogP contribution < -0.4 is 5.32 Å². The largest absolute Gasteiger partial charge is 0.481 e. The van der Waals surface area contributed by atoms with E-state index in [1.54, 1.807) is 0 Å². The van der Waals surface area contributed by atoms with Gasteiger partial charge in [0, 0.05) is 19.4 Å². The number of carboxylic acids is 1. The van der Waals surface area contributed by atoms with E-state index in [0.717, 1.165) is 14.2 Å². The van der Waals surface area contributed by atoms with Crippen molar-refractivity contribution in [2.75, 3.05) is 40.6 Å². The van der Waals surface area contributed by atoms with Crippen molar-refractivity contribution in [2.45, 2.75) is 99.6 Å². The standard InChI is InChI=1S/C28H45NO18/c1-41-26(39)12-7-15(16(8-13(12)27(40)42-2)46-28-25(38)24(37)23(36)17(10-30)47-28)44-11-18-22(35)14(31)9-21(45-18)43-6-5-29-19(32)3-4-20(33)34/h12-18,21-25,28,30-31,35-38H,3-11H2,1-2H3,(H,29,32)(H,33,34)/t12-,13-,14+,15-,16-,17+,18+,21-,22-,23+,24-,25-,28-/m0/s1. The van der Waals surface area contributed by atoms with Crippen molar-refractivity contribution in [1.82, 2.24) is 5.32 Å². The molecule has 19 nitrogen and oxygen atoms in total. The van der Waals surface area contributed by atoms with Crippen molar-refractivity contribution >= 4 is 23.8 Å². The molecule has 270 valence electrons. The fourth-order valence-corrected chi connectivity index (χ4v) is 5.70. The lowest BCUT2D eigenvalue weighted by atomic mass is 9.76. The Balaban J connectivity index is 1.70. The third-order valence-electron chi connectivity index (χ3n) is 8.34. The molecule has 2 heterocycles. The predicted octanol–water partition coefficient (Wildman–Crippen LogP) is -4.24. The van der Waals surface area contributed by atoms with Crippen LogP contribution in [0.3, 0.4) is 0 Å². The maximum Gasteiger partial charge on any atom is 0.309 e. The number of hydrogen-bond donors (Lipinski definition) is 8. The van der Waals surface area contributed by atoms with Gasteiger partial charge in [-0.15, -0.1) is 0 Å². The number of ether oxygens (including phenoxy) is 7. The second-order valence-electron chi connectivity index (χ2n) is 11.5. The highest BCUT2D eigenvalue weighted by molar-refractivity contribution is 5.82. The molecule has 8 N–H and O–H groups in total. The number of aliphatic carboxylic acids is 1.